The normalized spacial score (nSPS) is 13.6. The van der Waals surface area contributed by atoms with Crippen molar-refractivity contribution in [1.82, 2.24) is 25.4 Å². The van der Waals surface area contributed by atoms with E-state index in [1.807, 2.05) is 72.1 Å². The number of aryl methyl sites for hydroxylation is 1. The molecule has 4 amide bonds. The highest BCUT2D eigenvalue weighted by molar-refractivity contribution is 7.09. The van der Waals surface area contributed by atoms with E-state index in [1.165, 1.54) is 6.20 Å². The number of halogens is 1. The second-order valence-electron chi connectivity index (χ2n) is 15.1. The molecule has 3 aromatic carbocycles. The Hall–Kier alpha value is -6.66. The standard InChI is InChI=1S/C45H53FN8O8S/c1-2-52-27-37(42(56)57)41(55)36-23-38(46)40(24-39(36)52)53-17-19-54(20-18-53)45(60)62-29-31-12-14-32(15-13-31)49-25-33(10-6-16-48-43(47)58)50-26-34(22-35-11-7-21-63-35)51-44(59)61-28-30-8-4-3-5-9-30/h3-5,7-9,11-15,21,23-24,27,33-34,49-50H,2,6,10,16-20,22,25-26,28-29H2,1H3,(H,51,59)(H,56,57)(H3,47,48,58)/t33-,34-/m0/s1. The first-order valence-electron chi connectivity index (χ1n) is 20.8. The predicted molar refractivity (Wildman–Crippen MR) is 240 cm³/mol. The van der Waals surface area contributed by atoms with Crippen LogP contribution in [0, 0.1) is 5.82 Å². The number of urea groups is 1. The van der Waals surface area contributed by atoms with Gasteiger partial charge in [-0.1, -0.05) is 48.5 Å². The Morgan fingerprint density at radius 2 is 1.63 bits per heavy atom. The fourth-order valence-electron chi connectivity index (χ4n) is 7.30. The summed E-state index contributed by atoms with van der Waals surface area (Å²) in [6.45, 7) is 5.04. The molecule has 18 heteroatoms. The van der Waals surface area contributed by atoms with Gasteiger partial charge in [-0.15, -0.1) is 11.3 Å². The van der Waals surface area contributed by atoms with Gasteiger partial charge < -0.3 is 55.9 Å². The summed E-state index contributed by atoms with van der Waals surface area (Å²) in [6.07, 6.45) is 2.27. The number of alkyl carbamates (subject to hydrolysis) is 1. The number of ether oxygens (including phenoxy) is 2. The number of aromatic carboxylic acids is 1. The van der Waals surface area contributed by atoms with Crippen molar-refractivity contribution in [3.05, 3.63) is 128 Å². The third kappa shape index (κ3) is 13.2. The second kappa shape index (κ2) is 22.4. The van der Waals surface area contributed by atoms with E-state index in [0.29, 0.717) is 64.0 Å². The van der Waals surface area contributed by atoms with Gasteiger partial charge in [0.1, 0.15) is 24.6 Å². The van der Waals surface area contributed by atoms with Crippen LogP contribution in [0.25, 0.3) is 10.9 Å². The zero-order chi connectivity index (χ0) is 44.7. The number of hydrogen-bond donors (Lipinski definition) is 6. The van der Waals surface area contributed by atoms with Gasteiger partial charge >= 0.3 is 24.2 Å². The molecule has 16 nitrogen and oxygen atoms in total. The topological polar surface area (TPSA) is 210 Å². The van der Waals surface area contributed by atoms with Crippen molar-refractivity contribution in [3.63, 3.8) is 0 Å². The Kier molecular flexibility index (Phi) is 16.3. The number of benzene rings is 3. The first-order chi connectivity index (χ1) is 30.5. The zero-order valence-electron chi connectivity index (χ0n) is 35.0. The molecule has 2 aromatic heterocycles. The number of hydrogen-bond acceptors (Lipinski definition) is 11. The number of pyridine rings is 1. The maximum absolute atomic E-state index is 15.4. The minimum atomic E-state index is -1.37. The number of fused-ring (bicyclic) bond motifs is 1. The number of thiophene rings is 1. The Bertz CT molecular complexity index is 2380. The van der Waals surface area contributed by atoms with E-state index in [1.54, 1.807) is 38.7 Å². The number of amides is 4. The van der Waals surface area contributed by atoms with E-state index in [9.17, 15) is 29.1 Å². The highest BCUT2D eigenvalue weighted by atomic mass is 32.1. The summed E-state index contributed by atoms with van der Waals surface area (Å²) in [7, 11) is 0. The number of carbonyl (C=O) groups excluding carboxylic acids is 3. The number of carboxylic acids is 1. The molecule has 63 heavy (non-hydrogen) atoms. The maximum Gasteiger partial charge on any atom is 0.410 e. The lowest BCUT2D eigenvalue weighted by atomic mass is 10.1. The van der Waals surface area contributed by atoms with Gasteiger partial charge in [0.25, 0.3) is 0 Å². The molecule has 0 aliphatic carbocycles. The fraction of sp³-hybridized carbons (Fsp3) is 0.356. The van der Waals surface area contributed by atoms with Gasteiger partial charge in [0.15, 0.2) is 0 Å². The molecular formula is C45H53FN8O8S. The van der Waals surface area contributed by atoms with Crippen molar-refractivity contribution in [2.75, 3.05) is 56.0 Å². The summed E-state index contributed by atoms with van der Waals surface area (Å²) in [5.74, 6) is -2.02. The summed E-state index contributed by atoms with van der Waals surface area (Å²) in [5.41, 5.74) is 7.34. The molecule has 1 fully saturated rings. The second-order valence-corrected chi connectivity index (χ2v) is 16.1. The highest BCUT2D eigenvalue weighted by Gasteiger charge is 2.26. The number of aromatic nitrogens is 1. The summed E-state index contributed by atoms with van der Waals surface area (Å²) < 4.78 is 28.1. The van der Waals surface area contributed by atoms with E-state index in [0.717, 1.165) is 27.8 Å². The Labute approximate surface area is 368 Å². The van der Waals surface area contributed by atoms with E-state index in [-0.39, 0.29) is 49.5 Å². The number of nitrogens with two attached hydrogens (primary N) is 1. The van der Waals surface area contributed by atoms with Crippen LogP contribution in [0.15, 0.2) is 95.2 Å². The Morgan fingerprint density at radius 3 is 2.32 bits per heavy atom. The molecule has 1 aliphatic heterocycles. The molecule has 1 aliphatic rings. The lowest BCUT2D eigenvalue weighted by molar-refractivity contribution is 0.0694. The van der Waals surface area contributed by atoms with E-state index >= 15 is 4.39 Å². The molecule has 0 bridgehead atoms. The number of carbonyl (C=O) groups is 4. The summed E-state index contributed by atoms with van der Waals surface area (Å²) >= 11 is 1.62. The summed E-state index contributed by atoms with van der Waals surface area (Å²) in [4.78, 5) is 66.0. The predicted octanol–water partition coefficient (Wildman–Crippen LogP) is 5.74. The largest absolute Gasteiger partial charge is 0.477 e. The molecule has 3 heterocycles. The van der Waals surface area contributed by atoms with Crippen LogP contribution < -0.4 is 37.3 Å². The average Bonchev–Trinajstić information content (AvgIpc) is 3.80. The van der Waals surface area contributed by atoms with E-state index in [2.05, 4.69) is 21.3 Å². The average molecular weight is 885 g/mol. The van der Waals surface area contributed by atoms with Crippen molar-refractivity contribution in [1.29, 1.82) is 0 Å². The number of nitrogens with one attached hydrogen (secondary N) is 4. The third-order valence-corrected chi connectivity index (χ3v) is 11.6. The molecule has 1 saturated heterocycles. The molecular weight excluding hydrogens is 832 g/mol. The molecule has 5 aromatic rings. The molecule has 6 rings (SSSR count). The minimum Gasteiger partial charge on any atom is -0.477 e. The van der Waals surface area contributed by atoms with Gasteiger partial charge in [0.05, 0.1) is 11.2 Å². The maximum atomic E-state index is 15.4. The van der Waals surface area contributed by atoms with Gasteiger partial charge in [-0.05, 0) is 66.6 Å². The summed E-state index contributed by atoms with van der Waals surface area (Å²) in [5, 5.41) is 24.2. The number of piperazine rings is 1. The molecule has 0 unspecified atom stereocenters. The zero-order valence-corrected chi connectivity index (χ0v) is 35.8. The van der Waals surface area contributed by atoms with Crippen LogP contribution in [0.1, 0.15) is 46.1 Å². The van der Waals surface area contributed by atoms with Crippen LogP contribution in [0.3, 0.4) is 0 Å². The van der Waals surface area contributed by atoms with Crippen LogP contribution in [-0.4, -0.2) is 96.7 Å². The van der Waals surface area contributed by atoms with Crippen molar-refractivity contribution in [2.24, 2.45) is 5.73 Å². The van der Waals surface area contributed by atoms with Crippen LogP contribution in [0.4, 0.5) is 30.1 Å². The van der Waals surface area contributed by atoms with Crippen molar-refractivity contribution in [2.45, 2.75) is 58.0 Å². The summed E-state index contributed by atoms with van der Waals surface area (Å²) in [6, 6.07) is 22.8. The third-order valence-electron chi connectivity index (χ3n) is 10.7. The van der Waals surface area contributed by atoms with Gasteiger partial charge in [-0.3, -0.25) is 4.79 Å². The van der Waals surface area contributed by atoms with Crippen LogP contribution in [-0.2, 0) is 35.7 Å². The number of rotatable bonds is 20. The van der Waals surface area contributed by atoms with Crippen LogP contribution in [0.2, 0.25) is 0 Å². The van der Waals surface area contributed by atoms with Gasteiger partial charge in [0.2, 0.25) is 5.43 Å². The Morgan fingerprint density at radius 1 is 0.905 bits per heavy atom. The first kappa shape index (κ1) is 45.9. The smallest absolute Gasteiger partial charge is 0.410 e. The molecule has 2 atom stereocenters. The number of primary amides is 1. The van der Waals surface area contributed by atoms with Gasteiger partial charge in [0, 0.05) is 93.0 Å². The number of anilines is 2. The Balaban J connectivity index is 0.988. The molecule has 0 spiro atoms. The minimum absolute atomic E-state index is 0.00391. The van der Waals surface area contributed by atoms with Crippen molar-refractivity contribution in [3.8, 4) is 0 Å². The number of carboxylic acid groups (broad SMARTS) is 1. The molecule has 7 N–H and O–H groups in total. The van der Waals surface area contributed by atoms with Crippen LogP contribution in [0.5, 0.6) is 0 Å². The molecule has 334 valence electrons. The van der Waals surface area contributed by atoms with Gasteiger partial charge in [-0.2, -0.15) is 0 Å². The molecule has 0 saturated carbocycles. The number of nitrogens with zero attached hydrogens (tertiary/aromatic N) is 3. The highest BCUT2D eigenvalue weighted by Crippen LogP contribution is 2.27. The monoisotopic (exact) mass is 884 g/mol. The first-order valence-corrected chi connectivity index (χ1v) is 21.7. The van der Waals surface area contributed by atoms with Gasteiger partial charge in [-0.25, -0.2) is 23.6 Å². The van der Waals surface area contributed by atoms with Crippen molar-refractivity contribution >= 4 is 57.8 Å². The van der Waals surface area contributed by atoms with E-state index < -0.39 is 41.0 Å². The fourth-order valence-corrected chi connectivity index (χ4v) is 8.09. The van der Waals surface area contributed by atoms with Crippen LogP contribution >= 0.6 is 11.3 Å². The molecule has 0 radical (unpaired) electrons. The quantitative estimate of drug-likeness (QED) is 0.0520. The van der Waals surface area contributed by atoms with Crippen molar-refractivity contribution < 1.29 is 38.1 Å². The van der Waals surface area contributed by atoms with E-state index in [4.69, 9.17) is 15.2 Å². The SMILES string of the molecule is CCn1cc(C(=O)O)c(=O)c2cc(F)c(N3CCN(C(=O)OCc4ccc(NC[C@H](CCCNC(N)=O)NC[C@H](Cc5cccs5)NC(=O)OCc5ccccc5)cc4)CC3)cc21. The lowest BCUT2D eigenvalue weighted by Gasteiger charge is -2.35. The lowest BCUT2D eigenvalue weighted by Crippen LogP contribution is -2.49.